The van der Waals surface area contributed by atoms with E-state index in [1.165, 1.54) is 17.1 Å². The number of aryl methyl sites for hydroxylation is 1. The molecule has 0 saturated heterocycles. The molecule has 0 bridgehead atoms. The molecule has 3 aromatic rings. The van der Waals surface area contributed by atoms with E-state index in [4.69, 9.17) is 11.6 Å². The van der Waals surface area contributed by atoms with Crippen molar-refractivity contribution in [2.45, 2.75) is 30.2 Å². The second-order valence-electron chi connectivity index (χ2n) is 6.76. The third kappa shape index (κ3) is 3.00. The fraction of sp³-hybridized carbons (Fsp3) is 0.150. The minimum absolute atomic E-state index is 0.321. The molecule has 1 aliphatic rings. The van der Waals surface area contributed by atoms with Gasteiger partial charge in [0.15, 0.2) is 5.03 Å². The van der Waals surface area contributed by atoms with Crippen LogP contribution in [0.15, 0.2) is 70.1 Å². The number of fused-ring (bicyclic) bond motifs is 3. The maximum Gasteiger partial charge on any atom is 0.154 e. The van der Waals surface area contributed by atoms with Gasteiger partial charge in [0, 0.05) is 23.1 Å². The van der Waals surface area contributed by atoms with E-state index in [0.29, 0.717) is 44.8 Å². The third-order valence-electron chi connectivity index (χ3n) is 4.78. The Bertz CT molecular complexity index is 1120. The number of nitrogens with two attached hydrogens (primary N) is 2. The van der Waals surface area contributed by atoms with Gasteiger partial charge in [-0.1, -0.05) is 17.7 Å². The molecule has 0 fully saturated rings. The van der Waals surface area contributed by atoms with Crippen LogP contribution in [0.3, 0.4) is 0 Å². The van der Waals surface area contributed by atoms with Crippen LogP contribution < -0.4 is 16.6 Å². The Morgan fingerprint density at radius 2 is 1.89 bits per heavy atom. The Labute approximate surface area is 164 Å². The Morgan fingerprint density at radius 3 is 2.57 bits per heavy atom. The largest absolute Gasteiger partial charge is 0.401 e. The average molecular weight is 397 g/mol. The number of allylic oxidation sites excluding steroid dienone is 2. The molecule has 0 spiro atoms. The zero-order valence-corrected chi connectivity index (χ0v) is 16.3. The highest BCUT2D eigenvalue weighted by atomic mass is 32.2. The fourth-order valence-electron chi connectivity index (χ4n) is 3.27. The van der Waals surface area contributed by atoms with Crippen molar-refractivity contribution >= 4 is 16.5 Å². The van der Waals surface area contributed by atoms with Crippen LogP contribution in [-0.2, 0) is 17.2 Å². The van der Waals surface area contributed by atoms with Gasteiger partial charge in [0.2, 0.25) is 0 Å². The lowest BCUT2D eigenvalue weighted by atomic mass is 10.2. The van der Waals surface area contributed by atoms with Crippen molar-refractivity contribution in [1.29, 1.82) is 0 Å². The van der Waals surface area contributed by atoms with Crippen molar-refractivity contribution in [3.63, 3.8) is 0 Å². The zero-order valence-electron chi connectivity index (χ0n) is 15.5. The van der Waals surface area contributed by atoms with Gasteiger partial charge >= 0.3 is 0 Å². The first kappa shape index (κ1) is 18.4. The molecular weight excluding hydrogens is 377 g/mol. The molecule has 0 saturated carbocycles. The van der Waals surface area contributed by atoms with E-state index in [0.717, 1.165) is 5.56 Å². The van der Waals surface area contributed by atoms with E-state index >= 15 is 0 Å². The van der Waals surface area contributed by atoms with Gasteiger partial charge in [-0.2, -0.15) is 0 Å². The standard InChI is InChI=1S/C20H20FN5OS/c1-12-3-6-15(7-4-12)28(27)20-19-10-17(13(2)22)26(23)18-9-14(21)5-8-16(18)25(19)11-24-20/h3-9,11H,10,22-23H2,1-2H3/b17-13-. The maximum atomic E-state index is 13.9. The fourth-order valence-corrected chi connectivity index (χ4v) is 4.40. The van der Waals surface area contributed by atoms with Crippen molar-refractivity contribution < 1.29 is 8.60 Å². The Morgan fingerprint density at radius 1 is 1.18 bits per heavy atom. The molecule has 2 aromatic carbocycles. The molecule has 0 radical (unpaired) electrons. The Kier molecular flexibility index (Phi) is 4.52. The van der Waals surface area contributed by atoms with E-state index in [1.54, 1.807) is 23.9 Å². The second kappa shape index (κ2) is 6.88. The van der Waals surface area contributed by atoms with Crippen molar-refractivity contribution in [3.8, 4) is 5.69 Å². The number of anilines is 1. The molecule has 28 heavy (non-hydrogen) atoms. The topological polar surface area (TPSA) is 90.2 Å². The monoisotopic (exact) mass is 397 g/mol. The predicted octanol–water partition coefficient (Wildman–Crippen LogP) is 2.91. The molecule has 4 N–H and O–H groups in total. The summed E-state index contributed by atoms with van der Waals surface area (Å²) in [6.45, 7) is 3.71. The van der Waals surface area contributed by atoms with Crippen molar-refractivity contribution in [2.24, 2.45) is 11.6 Å². The maximum absolute atomic E-state index is 13.9. The molecular formula is C20H20FN5OS. The van der Waals surface area contributed by atoms with Crippen LogP contribution in [0.4, 0.5) is 10.1 Å². The van der Waals surface area contributed by atoms with E-state index < -0.39 is 16.6 Å². The lowest BCUT2D eigenvalue weighted by molar-refractivity contribution is 0.627. The molecule has 0 aliphatic carbocycles. The first-order valence-corrected chi connectivity index (χ1v) is 9.86. The molecule has 1 aromatic heterocycles. The van der Waals surface area contributed by atoms with Crippen molar-refractivity contribution in [2.75, 3.05) is 5.01 Å². The van der Waals surface area contributed by atoms with Crippen molar-refractivity contribution in [3.05, 3.63) is 77.3 Å². The zero-order chi connectivity index (χ0) is 20.0. The van der Waals surface area contributed by atoms with E-state index in [9.17, 15) is 8.60 Å². The number of hydrogen-bond donors (Lipinski definition) is 2. The number of imidazole rings is 1. The van der Waals surface area contributed by atoms with Crippen LogP contribution in [0.2, 0.25) is 0 Å². The highest BCUT2D eigenvalue weighted by Gasteiger charge is 2.28. The van der Waals surface area contributed by atoms with Gasteiger partial charge in [0.05, 0.1) is 22.8 Å². The molecule has 0 amide bonds. The minimum atomic E-state index is -1.47. The first-order chi connectivity index (χ1) is 13.4. The second-order valence-corrected chi connectivity index (χ2v) is 8.15. The SMILES string of the molecule is C/C(N)=C1\Cc2c(S(=O)c3ccc(C)cc3)ncn2-c2ccc(F)cc2N1N. The van der Waals surface area contributed by atoms with Crippen LogP contribution in [0.1, 0.15) is 18.2 Å². The lowest BCUT2D eigenvalue weighted by Gasteiger charge is -2.22. The van der Waals surface area contributed by atoms with E-state index in [2.05, 4.69) is 4.98 Å². The summed E-state index contributed by atoms with van der Waals surface area (Å²) in [5.74, 6) is 5.86. The van der Waals surface area contributed by atoms with Gasteiger partial charge in [-0.15, -0.1) is 0 Å². The number of halogens is 1. The third-order valence-corrected chi connectivity index (χ3v) is 6.17. The Hall–Kier alpha value is -2.97. The highest BCUT2D eigenvalue weighted by molar-refractivity contribution is 7.85. The summed E-state index contributed by atoms with van der Waals surface area (Å²) in [6.07, 6.45) is 1.91. The molecule has 6 nitrogen and oxygen atoms in total. The van der Waals surface area contributed by atoms with Gasteiger partial charge in [-0.25, -0.2) is 19.4 Å². The summed E-state index contributed by atoms with van der Waals surface area (Å²) in [4.78, 5) is 5.09. The minimum Gasteiger partial charge on any atom is -0.401 e. The van der Waals surface area contributed by atoms with Crippen LogP contribution in [0.25, 0.3) is 5.69 Å². The number of aromatic nitrogens is 2. The molecule has 2 heterocycles. The summed E-state index contributed by atoms with van der Waals surface area (Å²) in [7, 11) is -1.47. The highest BCUT2D eigenvalue weighted by Crippen LogP contribution is 2.35. The van der Waals surface area contributed by atoms with Gasteiger partial charge in [0.25, 0.3) is 0 Å². The summed E-state index contributed by atoms with van der Waals surface area (Å²) in [6, 6.07) is 11.8. The van der Waals surface area contributed by atoms with Gasteiger partial charge in [0.1, 0.15) is 22.9 Å². The first-order valence-electron chi connectivity index (χ1n) is 8.71. The number of nitrogens with zero attached hydrogens (tertiary/aromatic N) is 3. The summed E-state index contributed by atoms with van der Waals surface area (Å²) >= 11 is 0. The van der Waals surface area contributed by atoms with Crippen LogP contribution in [0, 0.1) is 12.7 Å². The predicted molar refractivity (Wildman–Crippen MR) is 107 cm³/mol. The number of rotatable bonds is 2. The smallest absolute Gasteiger partial charge is 0.154 e. The molecule has 144 valence electrons. The Balaban J connectivity index is 1.92. The van der Waals surface area contributed by atoms with Crippen molar-refractivity contribution in [1.82, 2.24) is 9.55 Å². The summed E-state index contributed by atoms with van der Waals surface area (Å²) in [5, 5.41) is 1.83. The van der Waals surface area contributed by atoms with E-state index in [-0.39, 0.29) is 0 Å². The number of hydrogen-bond acceptors (Lipinski definition) is 5. The van der Waals surface area contributed by atoms with Gasteiger partial charge < -0.3 is 5.73 Å². The summed E-state index contributed by atoms with van der Waals surface area (Å²) < 4.78 is 28.9. The number of benzene rings is 2. The van der Waals surface area contributed by atoms with Crippen LogP contribution in [0.5, 0.6) is 0 Å². The van der Waals surface area contributed by atoms with Crippen LogP contribution in [-0.4, -0.2) is 13.8 Å². The molecule has 1 atom stereocenters. The van der Waals surface area contributed by atoms with Gasteiger partial charge in [-0.05, 0) is 38.1 Å². The molecule has 4 rings (SSSR count). The summed E-state index contributed by atoms with van der Waals surface area (Å²) in [5.41, 5.74) is 10.1. The molecule has 1 aliphatic heterocycles. The quantitative estimate of drug-likeness (QED) is 0.649. The number of hydrazine groups is 1. The normalized spacial score (nSPS) is 16.2. The van der Waals surface area contributed by atoms with E-state index in [1.807, 2.05) is 31.2 Å². The average Bonchev–Trinajstić information content (AvgIpc) is 3.03. The molecule has 8 heteroatoms. The lowest BCUT2D eigenvalue weighted by Crippen LogP contribution is -2.32. The molecule has 1 unspecified atom stereocenters. The van der Waals surface area contributed by atoms with Crippen LogP contribution >= 0.6 is 0 Å². The van der Waals surface area contributed by atoms with Gasteiger partial charge in [-0.3, -0.25) is 9.58 Å².